The van der Waals surface area contributed by atoms with Gasteiger partial charge in [-0.05, 0) is 24.8 Å². The number of fused-ring (bicyclic) bond motifs is 1. The number of rotatable bonds is 4. The fraction of sp³-hybridized carbons (Fsp3) is 0.421. The van der Waals surface area contributed by atoms with Gasteiger partial charge in [0, 0.05) is 6.42 Å². The first-order chi connectivity index (χ1) is 12.1. The highest BCUT2D eigenvalue weighted by atomic mass is 16.4. The van der Waals surface area contributed by atoms with Crippen LogP contribution in [0.3, 0.4) is 0 Å². The van der Waals surface area contributed by atoms with Crippen LogP contribution in [0.15, 0.2) is 40.9 Å². The molecule has 130 valence electrons. The number of hydrogen-bond acceptors (Lipinski definition) is 5. The van der Waals surface area contributed by atoms with Gasteiger partial charge < -0.3 is 9.73 Å². The molecule has 3 aromatic rings. The molecule has 4 rings (SSSR count). The molecular formula is C19H23N5O. The molecule has 0 fully saturated rings. The summed E-state index contributed by atoms with van der Waals surface area (Å²) in [6, 6.07) is 11.0. The Labute approximate surface area is 147 Å². The molecule has 2 atom stereocenters. The number of nitrogens with one attached hydrogen (secondary N) is 1. The highest BCUT2D eigenvalue weighted by Crippen LogP contribution is 2.39. The molecule has 3 heterocycles. The number of benzene rings is 1. The molecule has 25 heavy (non-hydrogen) atoms. The predicted molar refractivity (Wildman–Crippen MR) is 96.2 cm³/mol. The van der Waals surface area contributed by atoms with Crippen molar-refractivity contribution < 1.29 is 4.42 Å². The standard InChI is InChI=1S/C19H23N5O/c1-12(2)9-17-22-23-19(25-17)15-11-20-24-13(3)10-16(21-18(15)24)14-7-5-4-6-8-14/h4-8,11-13,16,21H,9-10H2,1-3H3. The van der Waals surface area contributed by atoms with Gasteiger partial charge >= 0.3 is 0 Å². The summed E-state index contributed by atoms with van der Waals surface area (Å²) in [5.74, 6) is 2.64. The molecule has 0 aliphatic carbocycles. The SMILES string of the molecule is CC(C)Cc1nnc(-c2cnn3c2NC(c2ccccc2)CC3C)o1. The Morgan fingerprint density at radius 2 is 2.04 bits per heavy atom. The largest absolute Gasteiger partial charge is 0.420 e. The molecule has 1 N–H and O–H groups in total. The van der Waals surface area contributed by atoms with E-state index < -0.39 is 0 Å². The van der Waals surface area contributed by atoms with E-state index in [-0.39, 0.29) is 6.04 Å². The second-order valence-electron chi connectivity index (χ2n) is 7.14. The lowest BCUT2D eigenvalue weighted by Gasteiger charge is -2.31. The van der Waals surface area contributed by atoms with Gasteiger partial charge in [-0.15, -0.1) is 10.2 Å². The average Bonchev–Trinajstić information content (AvgIpc) is 3.22. The number of anilines is 1. The Bertz CT molecular complexity index is 852. The predicted octanol–water partition coefficient (Wildman–Crippen LogP) is 4.25. The van der Waals surface area contributed by atoms with E-state index >= 15 is 0 Å². The third kappa shape index (κ3) is 3.04. The van der Waals surface area contributed by atoms with Crippen LogP contribution in [0.5, 0.6) is 0 Å². The van der Waals surface area contributed by atoms with Crippen LogP contribution in [0.1, 0.15) is 50.7 Å². The van der Waals surface area contributed by atoms with Crippen LogP contribution >= 0.6 is 0 Å². The quantitative estimate of drug-likeness (QED) is 0.771. The molecule has 0 bridgehead atoms. The minimum absolute atomic E-state index is 0.247. The summed E-state index contributed by atoms with van der Waals surface area (Å²) in [6.45, 7) is 6.47. The zero-order valence-corrected chi connectivity index (χ0v) is 14.8. The number of nitrogens with zero attached hydrogens (tertiary/aromatic N) is 4. The first-order valence-electron chi connectivity index (χ1n) is 8.83. The first kappa shape index (κ1) is 15.9. The maximum Gasteiger partial charge on any atom is 0.253 e. The molecule has 0 radical (unpaired) electrons. The van der Waals surface area contributed by atoms with Crippen LogP contribution in [0, 0.1) is 5.92 Å². The third-order valence-electron chi connectivity index (χ3n) is 4.58. The van der Waals surface area contributed by atoms with Crippen LogP contribution in [-0.4, -0.2) is 20.0 Å². The van der Waals surface area contributed by atoms with E-state index in [0.29, 0.717) is 23.7 Å². The molecule has 0 amide bonds. The lowest BCUT2D eigenvalue weighted by molar-refractivity contribution is 0.407. The summed E-state index contributed by atoms with van der Waals surface area (Å²) in [6.07, 6.45) is 3.59. The Morgan fingerprint density at radius 1 is 1.24 bits per heavy atom. The van der Waals surface area contributed by atoms with E-state index in [4.69, 9.17) is 4.42 Å². The van der Waals surface area contributed by atoms with Crippen molar-refractivity contribution >= 4 is 5.82 Å². The van der Waals surface area contributed by atoms with Crippen LogP contribution < -0.4 is 5.32 Å². The van der Waals surface area contributed by atoms with Crippen molar-refractivity contribution in [1.82, 2.24) is 20.0 Å². The first-order valence-corrected chi connectivity index (χ1v) is 8.83. The van der Waals surface area contributed by atoms with Crippen molar-refractivity contribution in [2.45, 2.75) is 45.7 Å². The maximum absolute atomic E-state index is 5.87. The minimum Gasteiger partial charge on any atom is -0.420 e. The van der Waals surface area contributed by atoms with E-state index in [1.165, 1.54) is 5.56 Å². The second-order valence-corrected chi connectivity index (χ2v) is 7.14. The van der Waals surface area contributed by atoms with Gasteiger partial charge in [-0.1, -0.05) is 44.2 Å². The van der Waals surface area contributed by atoms with Gasteiger partial charge in [-0.3, -0.25) is 0 Å². The van der Waals surface area contributed by atoms with E-state index in [0.717, 1.165) is 24.2 Å². The lowest BCUT2D eigenvalue weighted by atomic mass is 9.98. The van der Waals surface area contributed by atoms with Crippen molar-refractivity contribution in [1.29, 1.82) is 0 Å². The Hall–Kier alpha value is -2.63. The van der Waals surface area contributed by atoms with Crippen molar-refractivity contribution in [2.75, 3.05) is 5.32 Å². The van der Waals surface area contributed by atoms with Gasteiger partial charge in [-0.25, -0.2) is 4.68 Å². The van der Waals surface area contributed by atoms with Crippen LogP contribution in [0.2, 0.25) is 0 Å². The average molecular weight is 337 g/mol. The van der Waals surface area contributed by atoms with Crippen molar-refractivity contribution in [3.05, 3.63) is 48.0 Å². The van der Waals surface area contributed by atoms with Gasteiger partial charge in [0.05, 0.1) is 18.3 Å². The summed E-state index contributed by atoms with van der Waals surface area (Å²) in [5, 5.41) is 16.6. The lowest BCUT2D eigenvalue weighted by Crippen LogP contribution is -2.25. The topological polar surface area (TPSA) is 68.8 Å². The van der Waals surface area contributed by atoms with Gasteiger partial charge in [0.1, 0.15) is 11.4 Å². The molecule has 1 aliphatic heterocycles. The molecule has 2 unspecified atom stereocenters. The molecule has 1 aliphatic rings. The summed E-state index contributed by atoms with van der Waals surface area (Å²) in [4.78, 5) is 0. The zero-order chi connectivity index (χ0) is 17.4. The highest BCUT2D eigenvalue weighted by molar-refractivity contribution is 5.69. The molecule has 6 heteroatoms. The van der Waals surface area contributed by atoms with E-state index in [1.54, 1.807) is 0 Å². The Morgan fingerprint density at radius 3 is 2.80 bits per heavy atom. The molecule has 2 aromatic heterocycles. The summed E-state index contributed by atoms with van der Waals surface area (Å²) in [5.41, 5.74) is 2.15. The zero-order valence-electron chi connectivity index (χ0n) is 14.8. The molecule has 0 saturated carbocycles. The van der Waals surface area contributed by atoms with Crippen LogP contribution in [-0.2, 0) is 6.42 Å². The van der Waals surface area contributed by atoms with Crippen molar-refractivity contribution in [2.24, 2.45) is 5.92 Å². The fourth-order valence-corrected chi connectivity index (χ4v) is 3.36. The summed E-state index contributed by atoms with van der Waals surface area (Å²) < 4.78 is 7.88. The highest BCUT2D eigenvalue weighted by Gasteiger charge is 2.29. The van der Waals surface area contributed by atoms with Crippen LogP contribution in [0.25, 0.3) is 11.5 Å². The smallest absolute Gasteiger partial charge is 0.253 e. The second kappa shape index (κ2) is 6.35. The minimum atomic E-state index is 0.247. The van der Waals surface area contributed by atoms with E-state index in [1.807, 2.05) is 16.9 Å². The Kier molecular flexibility index (Phi) is 4.03. The van der Waals surface area contributed by atoms with Gasteiger partial charge in [-0.2, -0.15) is 5.10 Å². The van der Waals surface area contributed by atoms with E-state index in [9.17, 15) is 0 Å². The third-order valence-corrected chi connectivity index (χ3v) is 4.58. The fourth-order valence-electron chi connectivity index (χ4n) is 3.36. The molecule has 6 nitrogen and oxygen atoms in total. The molecular weight excluding hydrogens is 314 g/mol. The van der Waals surface area contributed by atoms with Crippen molar-refractivity contribution in [3.63, 3.8) is 0 Å². The Balaban J connectivity index is 1.66. The summed E-state index contributed by atoms with van der Waals surface area (Å²) >= 11 is 0. The van der Waals surface area contributed by atoms with Gasteiger partial charge in [0.15, 0.2) is 0 Å². The number of hydrogen-bond donors (Lipinski definition) is 1. The van der Waals surface area contributed by atoms with Crippen LogP contribution in [0.4, 0.5) is 5.82 Å². The van der Waals surface area contributed by atoms with E-state index in [2.05, 4.69) is 65.6 Å². The normalized spacial score (nSPS) is 19.7. The van der Waals surface area contributed by atoms with Crippen molar-refractivity contribution in [3.8, 4) is 11.5 Å². The van der Waals surface area contributed by atoms with Gasteiger partial charge in [0.2, 0.25) is 5.89 Å². The monoisotopic (exact) mass is 337 g/mol. The molecule has 1 aromatic carbocycles. The maximum atomic E-state index is 5.87. The van der Waals surface area contributed by atoms with Gasteiger partial charge in [0.25, 0.3) is 5.89 Å². The molecule has 0 saturated heterocycles. The number of aromatic nitrogens is 4. The summed E-state index contributed by atoms with van der Waals surface area (Å²) in [7, 11) is 0. The molecule has 0 spiro atoms.